The number of para-hydroxylation sites is 1. The lowest BCUT2D eigenvalue weighted by Gasteiger charge is -2.41. The van der Waals surface area contributed by atoms with Crippen molar-refractivity contribution in [2.75, 3.05) is 31.1 Å². The van der Waals surface area contributed by atoms with Crippen LogP contribution >= 0.6 is 0 Å². The second kappa shape index (κ2) is 6.38. The van der Waals surface area contributed by atoms with Crippen LogP contribution in [-0.2, 0) is 0 Å². The Morgan fingerprint density at radius 3 is 2.68 bits per heavy atom. The molecule has 0 amide bonds. The van der Waals surface area contributed by atoms with Crippen molar-refractivity contribution in [3.05, 3.63) is 30.1 Å². The third-order valence-electron chi connectivity index (χ3n) is 4.41. The van der Waals surface area contributed by atoms with Crippen molar-refractivity contribution in [2.24, 2.45) is 5.41 Å². The summed E-state index contributed by atoms with van der Waals surface area (Å²) >= 11 is 0. The van der Waals surface area contributed by atoms with E-state index >= 15 is 0 Å². The van der Waals surface area contributed by atoms with Crippen molar-refractivity contribution >= 4 is 5.69 Å². The van der Waals surface area contributed by atoms with Crippen molar-refractivity contribution in [3.8, 4) is 0 Å². The fourth-order valence-electron chi connectivity index (χ4n) is 3.06. The number of piperidine rings is 1. The first kappa shape index (κ1) is 14.3. The number of benzene rings is 1. The highest BCUT2D eigenvalue weighted by Crippen LogP contribution is 2.33. The van der Waals surface area contributed by atoms with Crippen LogP contribution in [0, 0.1) is 11.2 Å². The van der Waals surface area contributed by atoms with E-state index < -0.39 is 0 Å². The molecule has 0 bridgehead atoms. The van der Waals surface area contributed by atoms with E-state index in [0.717, 1.165) is 38.3 Å². The minimum absolute atomic E-state index is 0.112. The lowest BCUT2D eigenvalue weighted by Crippen LogP contribution is -2.47. The van der Waals surface area contributed by atoms with Crippen molar-refractivity contribution in [2.45, 2.75) is 33.1 Å². The first-order valence-corrected chi connectivity index (χ1v) is 7.41. The van der Waals surface area contributed by atoms with Crippen molar-refractivity contribution in [1.82, 2.24) is 5.32 Å². The zero-order chi connectivity index (χ0) is 13.7. The highest BCUT2D eigenvalue weighted by atomic mass is 19.1. The number of hydrogen-bond acceptors (Lipinski definition) is 2. The van der Waals surface area contributed by atoms with E-state index in [2.05, 4.69) is 24.1 Å². The van der Waals surface area contributed by atoms with Gasteiger partial charge in [0.25, 0.3) is 0 Å². The summed E-state index contributed by atoms with van der Waals surface area (Å²) in [6.45, 7) is 8.31. The Morgan fingerprint density at radius 2 is 2.11 bits per heavy atom. The second-order valence-electron chi connectivity index (χ2n) is 5.60. The van der Waals surface area contributed by atoms with Gasteiger partial charge in [-0.3, -0.25) is 0 Å². The van der Waals surface area contributed by atoms with E-state index in [0.29, 0.717) is 0 Å². The maximum atomic E-state index is 14.0. The van der Waals surface area contributed by atoms with E-state index in [4.69, 9.17) is 0 Å². The fourth-order valence-corrected chi connectivity index (χ4v) is 3.06. The minimum atomic E-state index is -0.112. The zero-order valence-electron chi connectivity index (χ0n) is 12.1. The molecule has 1 heterocycles. The minimum Gasteiger partial charge on any atom is -0.369 e. The summed E-state index contributed by atoms with van der Waals surface area (Å²) < 4.78 is 14.0. The Bertz CT molecular complexity index is 399. The molecule has 2 rings (SSSR count). The number of nitrogens with zero attached hydrogens (tertiary/aromatic N) is 1. The first-order valence-electron chi connectivity index (χ1n) is 7.41. The largest absolute Gasteiger partial charge is 0.369 e. The average Bonchev–Trinajstić information content (AvgIpc) is 2.47. The van der Waals surface area contributed by atoms with Gasteiger partial charge in [0.05, 0.1) is 5.69 Å². The third kappa shape index (κ3) is 3.27. The van der Waals surface area contributed by atoms with E-state index in [1.807, 2.05) is 12.1 Å². The Hall–Kier alpha value is -1.09. The van der Waals surface area contributed by atoms with Crippen LogP contribution in [0.15, 0.2) is 24.3 Å². The maximum Gasteiger partial charge on any atom is 0.146 e. The van der Waals surface area contributed by atoms with E-state index in [1.165, 1.54) is 12.8 Å². The number of hydrogen-bond donors (Lipinski definition) is 1. The van der Waals surface area contributed by atoms with Crippen LogP contribution in [0.25, 0.3) is 0 Å². The van der Waals surface area contributed by atoms with Crippen LogP contribution < -0.4 is 10.2 Å². The summed E-state index contributed by atoms with van der Waals surface area (Å²) in [5, 5.41) is 3.50. The summed E-state index contributed by atoms with van der Waals surface area (Å²) in [5.41, 5.74) is 1.03. The van der Waals surface area contributed by atoms with E-state index in [-0.39, 0.29) is 11.2 Å². The Kier molecular flexibility index (Phi) is 4.81. The molecule has 1 aromatic carbocycles. The molecule has 0 aromatic heterocycles. The summed E-state index contributed by atoms with van der Waals surface area (Å²) in [5.74, 6) is -0.112. The molecule has 1 saturated heterocycles. The summed E-state index contributed by atoms with van der Waals surface area (Å²) in [7, 11) is 0. The Balaban J connectivity index is 2.16. The monoisotopic (exact) mass is 264 g/mol. The van der Waals surface area contributed by atoms with Crippen molar-refractivity contribution < 1.29 is 4.39 Å². The molecule has 2 nitrogen and oxygen atoms in total. The predicted molar refractivity (Wildman–Crippen MR) is 79.1 cm³/mol. The van der Waals surface area contributed by atoms with Gasteiger partial charge in [0.15, 0.2) is 0 Å². The molecule has 1 unspecified atom stereocenters. The highest BCUT2D eigenvalue weighted by molar-refractivity contribution is 5.47. The van der Waals surface area contributed by atoms with Gasteiger partial charge in [0.1, 0.15) is 5.82 Å². The van der Waals surface area contributed by atoms with Crippen LogP contribution in [0.3, 0.4) is 0 Å². The molecule has 1 aliphatic rings. The standard InChI is InChI=1S/C16H25FN2/c1-3-16(10-7-11-18-12-16)13-19(4-2)15-9-6-5-8-14(15)17/h5-6,8-9,18H,3-4,7,10-13H2,1-2H3. The van der Waals surface area contributed by atoms with Gasteiger partial charge in [-0.25, -0.2) is 4.39 Å². The van der Waals surface area contributed by atoms with Crippen LogP contribution in [0.2, 0.25) is 0 Å². The molecule has 1 N–H and O–H groups in total. The molecule has 0 saturated carbocycles. The topological polar surface area (TPSA) is 15.3 Å². The van der Waals surface area contributed by atoms with Gasteiger partial charge in [-0.05, 0) is 44.9 Å². The number of halogens is 1. The molecule has 0 radical (unpaired) electrons. The first-order chi connectivity index (χ1) is 9.21. The smallest absolute Gasteiger partial charge is 0.146 e. The zero-order valence-corrected chi connectivity index (χ0v) is 12.1. The van der Waals surface area contributed by atoms with Gasteiger partial charge in [0, 0.05) is 25.0 Å². The molecular formula is C16H25FN2. The van der Waals surface area contributed by atoms with Crippen LogP contribution in [0.4, 0.5) is 10.1 Å². The number of nitrogens with one attached hydrogen (secondary N) is 1. The van der Waals surface area contributed by atoms with Gasteiger partial charge in [0.2, 0.25) is 0 Å². The van der Waals surface area contributed by atoms with E-state index in [9.17, 15) is 4.39 Å². The lowest BCUT2D eigenvalue weighted by molar-refractivity contribution is 0.205. The normalized spacial score (nSPS) is 23.3. The van der Waals surface area contributed by atoms with Gasteiger partial charge in [-0.1, -0.05) is 19.1 Å². The molecule has 3 heteroatoms. The second-order valence-corrected chi connectivity index (χ2v) is 5.60. The molecule has 0 aliphatic carbocycles. The highest BCUT2D eigenvalue weighted by Gasteiger charge is 2.32. The molecule has 0 spiro atoms. The van der Waals surface area contributed by atoms with Crippen LogP contribution in [0.5, 0.6) is 0 Å². The van der Waals surface area contributed by atoms with Crippen LogP contribution in [0.1, 0.15) is 33.1 Å². The van der Waals surface area contributed by atoms with Crippen LogP contribution in [-0.4, -0.2) is 26.2 Å². The average molecular weight is 264 g/mol. The third-order valence-corrected chi connectivity index (χ3v) is 4.41. The van der Waals surface area contributed by atoms with Gasteiger partial charge in [-0.2, -0.15) is 0 Å². The van der Waals surface area contributed by atoms with E-state index in [1.54, 1.807) is 12.1 Å². The quantitative estimate of drug-likeness (QED) is 0.876. The summed E-state index contributed by atoms with van der Waals surface area (Å²) in [6, 6.07) is 7.11. The molecule has 1 fully saturated rings. The SMILES string of the molecule is CCN(CC1(CC)CCCNC1)c1ccccc1F. The number of rotatable bonds is 5. The van der Waals surface area contributed by atoms with Crippen molar-refractivity contribution in [3.63, 3.8) is 0 Å². The molecule has 19 heavy (non-hydrogen) atoms. The fraction of sp³-hybridized carbons (Fsp3) is 0.625. The number of anilines is 1. The van der Waals surface area contributed by atoms with Crippen molar-refractivity contribution in [1.29, 1.82) is 0 Å². The van der Waals surface area contributed by atoms with Gasteiger partial charge in [-0.15, -0.1) is 0 Å². The molecule has 106 valence electrons. The Morgan fingerprint density at radius 1 is 1.32 bits per heavy atom. The van der Waals surface area contributed by atoms with Gasteiger partial charge < -0.3 is 10.2 Å². The predicted octanol–water partition coefficient (Wildman–Crippen LogP) is 3.43. The summed E-state index contributed by atoms with van der Waals surface area (Å²) in [6.07, 6.45) is 3.61. The molecule has 1 aliphatic heterocycles. The van der Waals surface area contributed by atoms with Gasteiger partial charge >= 0.3 is 0 Å². The Labute approximate surface area is 116 Å². The lowest BCUT2D eigenvalue weighted by atomic mass is 9.78. The molecule has 1 aromatic rings. The molecule has 1 atom stereocenters. The summed E-state index contributed by atoms with van der Waals surface area (Å²) in [4.78, 5) is 2.19. The molecular weight excluding hydrogens is 239 g/mol. The maximum absolute atomic E-state index is 14.0.